The third kappa shape index (κ3) is 9.37. The minimum Gasteiger partial charge on any atom is -0.475 e. The normalized spacial score (nSPS) is 12.0. The van der Waals surface area contributed by atoms with Crippen LogP contribution in [0.3, 0.4) is 0 Å². The molecule has 3 aromatic rings. The molecule has 0 saturated heterocycles. The summed E-state index contributed by atoms with van der Waals surface area (Å²) >= 11 is 0. The van der Waals surface area contributed by atoms with Crippen LogP contribution in [0.1, 0.15) is 22.5 Å². The smallest absolute Gasteiger partial charge is 0.475 e. The fourth-order valence-electron chi connectivity index (χ4n) is 3.07. The summed E-state index contributed by atoms with van der Waals surface area (Å²) in [6, 6.07) is 11.1. The van der Waals surface area contributed by atoms with Gasteiger partial charge in [-0.2, -0.15) is 26.3 Å². The van der Waals surface area contributed by atoms with Crippen LogP contribution in [0.5, 0.6) is 0 Å². The Hall–Kier alpha value is -3.92. The molecule has 16 heteroatoms. The molecule has 3 rings (SSSR count). The van der Waals surface area contributed by atoms with Crippen molar-refractivity contribution in [1.29, 1.82) is 0 Å². The number of carboxylic acid groups (broad SMARTS) is 1. The van der Waals surface area contributed by atoms with Crippen molar-refractivity contribution in [3.05, 3.63) is 65.9 Å². The number of sulfonamides is 1. The first-order valence-corrected chi connectivity index (χ1v) is 12.7. The Morgan fingerprint density at radius 3 is 2.08 bits per heavy atom. The number of aliphatic carboxylic acids is 1. The Morgan fingerprint density at radius 1 is 0.950 bits per heavy atom. The van der Waals surface area contributed by atoms with Gasteiger partial charge in [0.05, 0.1) is 21.7 Å². The molecular weight excluding hydrogens is 570 g/mol. The van der Waals surface area contributed by atoms with E-state index in [4.69, 9.17) is 9.90 Å². The molecule has 0 saturated carbocycles. The number of halogens is 6. The SMILES string of the molecule is CN(C)CCCNC(=O)c1ccc2cccc(NS(=O)(=O)c3ccc(C(F)(F)F)cc3)c2n1.O=C(O)C(F)(F)F. The van der Waals surface area contributed by atoms with Crippen LogP contribution >= 0.6 is 0 Å². The number of hydrogen-bond donors (Lipinski definition) is 3. The number of carboxylic acids is 1. The molecule has 0 atom stereocenters. The van der Waals surface area contributed by atoms with E-state index in [9.17, 15) is 39.6 Å². The molecule has 0 bridgehead atoms. The number of aromatic nitrogens is 1. The molecule has 0 aliphatic rings. The molecule has 2 aromatic carbocycles. The van der Waals surface area contributed by atoms with E-state index in [0.29, 0.717) is 24.1 Å². The number of fused-ring (bicyclic) bond motifs is 1. The Kier molecular flexibility index (Phi) is 10.5. The van der Waals surface area contributed by atoms with Gasteiger partial charge in [0.25, 0.3) is 15.9 Å². The highest BCUT2D eigenvalue weighted by Gasteiger charge is 2.38. The third-order valence-electron chi connectivity index (χ3n) is 5.00. The molecule has 0 spiro atoms. The second-order valence-corrected chi connectivity index (χ2v) is 10.1. The van der Waals surface area contributed by atoms with Crippen molar-refractivity contribution in [3.63, 3.8) is 0 Å². The number of carbonyl (C=O) groups excluding carboxylic acids is 1. The number of amides is 1. The van der Waals surface area contributed by atoms with Crippen LogP contribution in [0, 0.1) is 0 Å². The first-order valence-electron chi connectivity index (χ1n) is 11.2. The molecule has 40 heavy (non-hydrogen) atoms. The van der Waals surface area contributed by atoms with Crippen LogP contribution in [0.15, 0.2) is 59.5 Å². The highest BCUT2D eigenvalue weighted by Crippen LogP contribution is 2.30. The number of para-hydroxylation sites is 1. The van der Waals surface area contributed by atoms with Crippen LogP contribution in [-0.2, 0) is 21.0 Å². The summed E-state index contributed by atoms with van der Waals surface area (Å²) in [6.45, 7) is 1.26. The standard InChI is InChI=1S/C22H23F3N4O3S.C2HF3O2/c1-29(2)14-4-13-26-21(30)19-12-7-15-5-3-6-18(20(15)27-19)28-33(31,32)17-10-8-16(9-11-17)22(23,24)25;3-2(4,5)1(6)7/h3,5-12,28H,4,13-14H2,1-2H3,(H,26,30);(H,6,7). The lowest BCUT2D eigenvalue weighted by molar-refractivity contribution is -0.192. The molecule has 0 aliphatic heterocycles. The maximum Gasteiger partial charge on any atom is 0.490 e. The lowest BCUT2D eigenvalue weighted by Gasteiger charge is -2.13. The van der Waals surface area contributed by atoms with Gasteiger partial charge in [0.1, 0.15) is 5.69 Å². The van der Waals surface area contributed by atoms with Crippen molar-refractivity contribution in [3.8, 4) is 0 Å². The predicted octanol–water partition coefficient (Wildman–Crippen LogP) is 4.37. The van der Waals surface area contributed by atoms with Gasteiger partial charge >= 0.3 is 18.3 Å². The molecule has 9 nitrogen and oxygen atoms in total. The molecule has 0 fully saturated rings. The number of nitrogens with zero attached hydrogens (tertiary/aromatic N) is 2. The summed E-state index contributed by atoms with van der Waals surface area (Å²) in [5.74, 6) is -3.15. The van der Waals surface area contributed by atoms with Crippen molar-refractivity contribution in [1.82, 2.24) is 15.2 Å². The summed E-state index contributed by atoms with van der Waals surface area (Å²) < 4.78 is 97.9. The van der Waals surface area contributed by atoms with E-state index in [-0.39, 0.29) is 21.8 Å². The Balaban J connectivity index is 0.000000708. The minimum atomic E-state index is -5.08. The number of nitrogens with one attached hydrogen (secondary N) is 2. The highest BCUT2D eigenvalue weighted by atomic mass is 32.2. The van der Waals surface area contributed by atoms with Gasteiger partial charge in [-0.15, -0.1) is 0 Å². The average Bonchev–Trinajstić information content (AvgIpc) is 2.85. The van der Waals surface area contributed by atoms with Gasteiger partial charge in [-0.1, -0.05) is 18.2 Å². The summed E-state index contributed by atoms with van der Waals surface area (Å²) in [6.07, 6.45) is -8.90. The van der Waals surface area contributed by atoms with Gasteiger partial charge in [-0.05, 0) is 63.5 Å². The first kappa shape index (κ1) is 32.3. The van der Waals surface area contributed by atoms with Gasteiger partial charge in [-0.3, -0.25) is 9.52 Å². The van der Waals surface area contributed by atoms with Gasteiger partial charge in [-0.25, -0.2) is 18.2 Å². The zero-order chi connectivity index (χ0) is 30.3. The molecule has 1 amide bonds. The Bertz CT molecular complexity index is 1440. The fraction of sp³-hybridized carbons (Fsp3) is 0.292. The van der Waals surface area contributed by atoms with Crippen LogP contribution in [0.25, 0.3) is 10.9 Å². The first-order chi connectivity index (χ1) is 18.4. The molecule has 1 aromatic heterocycles. The summed E-state index contributed by atoms with van der Waals surface area (Å²) in [4.78, 5) is 27.3. The molecule has 218 valence electrons. The molecule has 0 unspecified atom stereocenters. The van der Waals surface area contributed by atoms with Crippen LogP contribution < -0.4 is 10.0 Å². The summed E-state index contributed by atoms with van der Waals surface area (Å²) in [5.41, 5.74) is -0.480. The number of benzene rings is 2. The maximum absolute atomic E-state index is 12.8. The highest BCUT2D eigenvalue weighted by molar-refractivity contribution is 7.92. The average molecular weight is 595 g/mol. The quantitative estimate of drug-likeness (QED) is 0.261. The summed E-state index contributed by atoms with van der Waals surface area (Å²) in [5, 5.41) is 10.5. The van der Waals surface area contributed by atoms with E-state index in [1.165, 1.54) is 12.1 Å². The number of carbonyl (C=O) groups is 2. The van der Waals surface area contributed by atoms with Crippen LogP contribution in [0.4, 0.5) is 32.0 Å². The van der Waals surface area contributed by atoms with E-state index in [2.05, 4.69) is 15.0 Å². The van der Waals surface area contributed by atoms with Crippen molar-refractivity contribution >= 4 is 38.5 Å². The molecule has 0 radical (unpaired) electrons. The molecule has 1 heterocycles. The van der Waals surface area contributed by atoms with Gasteiger partial charge in [0.2, 0.25) is 0 Å². The molecular formula is C24H24F6N4O5S. The lowest BCUT2D eigenvalue weighted by atomic mass is 10.1. The lowest BCUT2D eigenvalue weighted by Crippen LogP contribution is -2.27. The second kappa shape index (κ2) is 13.0. The third-order valence-corrected chi connectivity index (χ3v) is 6.38. The zero-order valence-corrected chi connectivity index (χ0v) is 21.8. The number of pyridine rings is 1. The molecule has 3 N–H and O–H groups in total. The number of rotatable bonds is 8. The molecule has 0 aliphatic carbocycles. The van der Waals surface area contributed by atoms with E-state index >= 15 is 0 Å². The van der Waals surface area contributed by atoms with Gasteiger partial charge < -0.3 is 15.3 Å². The number of anilines is 1. The van der Waals surface area contributed by atoms with Crippen molar-refractivity contribution < 1.29 is 49.5 Å². The largest absolute Gasteiger partial charge is 0.490 e. The van der Waals surface area contributed by atoms with Crippen molar-refractivity contribution in [2.75, 3.05) is 31.9 Å². The van der Waals surface area contributed by atoms with E-state index < -0.39 is 39.8 Å². The monoisotopic (exact) mass is 594 g/mol. The van der Waals surface area contributed by atoms with Crippen LogP contribution in [0.2, 0.25) is 0 Å². The number of hydrogen-bond acceptors (Lipinski definition) is 6. The van der Waals surface area contributed by atoms with Gasteiger partial charge in [0.15, 0.2) is 0 Å². The minimum absolute atomic E-state index is 0.106. The van der Waals surface area contributed by atoms with Crippen LogP contribution in [-0.4, -0.2) is 68.6 Å². The Labute approximate surface area is 224 Å². The summed E-state index contributed by atoms with van der Waals surface area (Å²) in [7, 11) is -0.327. The predicted molar refractivity (Wildman–Crippen MR) is 133 cm³/mol. The second-order valence-electron chi connectivity index (χ2n) is 8.42. The van der Waals surface area contributed by atoms with E-state index in [1.54, 1.807) is 18.2 Å². The van der Waals surface area contributed by atoms with E-state index in [0.717, 1.165) is 25.1 Å². The number of alkyl halides is 6. The van der Waals surface area contributed by atoms with Gasteiger partial charge in [0, 0.05) is 11.9 Å². The van der Waals surface area contributed by atoms with Crippen molar-refractivity contribution in [2.24, 2.45) is 0 Å². The topological polar surface area (TPSA) is 129 Å². The van der Waals surface area contributed by atoms with Crippen molar-refractivity contribution in [2.45, 2.75) is 23.7 Å². The zero-order valence-electron chi connectivity index (χ0n) is 21.0. The Morgan fingerprint density at radius 2 is 1.55 bits per heavy atom. The van der Waals surface area contributed by atoms with E-state index in [1.807, 2.05) is 19.0 Å². The fourth-order valence-corrected chi connectivity index (χ4v) is 4.14. The maximum atomic E-state index is 12.8.